The van der Waals surface area contributed by atoms with Crippen LogP contribution < -0.4 is 4.72 Å². The summed E-state index contributed by atoms with van der Waals surface area (Å²) in [5.74, 6) is 0.430. The maximum Gasteiger partial charge on any atom is 0.211 e. The van der Waals surface area contributed by atoms with E-state index in [1.807, 2.05) is 13.8 Å². The van der Waals surface area contributed by atoms with E-state index in [-0.39, 0.29) is 17.2 Å². The maximum atomic E-state index is 12.1. The molecule has 1 N–H and O–H groups in total. The van der Waals surface area contributed by atoms with Crippen LogP contribution in [0.5, 0.6) is 0 Å². The lowest BCUT2D eigenvalue weighted by molar-refractivity contribution is 0.0649. The van der Waals surface area contributed by atoms with Crippen LogP contribution in [0.4, 0.5) is 0 Å². The number of sulfonamides is 1. The molecular weight excluding hydrogens is 298 g/mol. The highest BCUT2D eigenvalue weighted by Gasteiger charge is 2.32. The summed E-state index contributed by atoms with van der Waals surface area (Å²) in [5.41, 5.74) is -0.139. The van der Waals surface area contributed by atoms with Crippen LogP contribution in [0.1, 0.15) is 47.0 Å². The van der Waals surface area contributed by atoms with Gasteiger partial charge in [-0.15, -0.1) is 0 Å². The van der Waals surface area contributed by atoms with Crippen LogP contribution in [0.2, 0.25) is 0 Å². The van der Waals surface area contributed by atoms with Crippen molar-refractivity contribution in [3.63, 3.8) is 0 Å². The van der Waals surface area contributed by atoms with Gasteiger partial charge < -0.3 is 4.90 Å². The fraction of sp³-hybridized carbons (Fsp3) is 1.00. The van der Waals surface area contributed by atoms with E-state index in [0.717, 1.165) is 32.4 Å². The molecule has 0 bridgehead atoms. The van der Waals surface area contributed by atoms with E-state index in [0.29, 0.717) is 12.6 Å². The first-order valence-corrected chi connectivity index (χ1v) is 10.1. The van der Waals surface area contributed by atoms with Gasteiger partial charge in [0.1, 0.15) is 0 Å². The number of piperidine rings is 1. The molecule has 1 fully saturated rings. The van der Waals surface area contributed by atoms with Gasteiger partial charge in [0, 0.05) is 31.2 Å². The highest BCUT2D eigenvalue weighted by atomic mass is 32.2. The fourth-order valence-corrected chi connectivity index (χ4v) is 4.61. The quantitative estimate of drug-likeness (QED) is 0.735. The molecule has 0 aliphatic carbocycles. The lowest BCUT2D eigenvalue weighted by Gasteiger charge is -2.44. The minimum Gasteiger partial charge on any atom is -0.306 e. The zero-order valence-electron chi connectivity index (χ0n) is 15.2. The minimum absolute atomic E-state index is 0.139. The summed E-state index contributed by atoms with van der Waals surface area (Å²) in [5, 5.41) is 0. The standard InChI is InChI=1S/C16H35N3O2S/c1-7-14(2)12-22(20,21)17-13-16(3,4)19-10-8-15(9-11-19)18(5)6/h14-15,17H,7-13H2,1-6H3/t14-/m1/s1. The molecule has 1 heterocycles. The third-order valence-corrected chi connectivity index (χ3v) is 6.57. The van der Waals surface area contributed by atoms with E-state index >= 15 is 0 Å². The summed E-state index contributed by atoms with van der Waals surface area (Å²) in [6, 6.07) is 0.647. The minimum atomic E-state index is -3.17. The molecule has 1 saturated heterocycles. The van der Waals surface area contributed by atoms with Gasteiger partial charge in [-0.1, -0.05) is 20.3 Å². The Morgan fingerprint density at radius 3 is 2.27 bits per heavy atom. The van der Waals surface area contributed by atoms with Crippen LogP contribution in [0.25, 0.3) is 0 Å². The molecule has 6 heteroatoms. The van der Waals surface area contributed by atoms with Crippen molar-refractivity contribution in [2.75, 3.05) is 39.5 Å². The van der Waals surface area contributed by atoms with Crippen molar-refractivity contribution in [3.05, 3.63) is 0 Å². The largest absolute Gasteiger partial charge is 0.306 e. The second-order valence-corrected chi connectivity index (χ2v) is 9.46. The maximum absolute atomic E-state index is 12.1. The summed E-state index contributed by atoms with van der Waals surface area (Å²) in [6.07, 6.45) is 3.19. The summed E-state index contributed by atoms with van der Waals surface area (Å²) in [4.78, 5) is 4.71. The van der Waals surface area contributed by atoms with E-state index in [2.05, 4.69) is 42.5 Å². The molecule has 0 aromatic carbocycles. The predicted molar refractivity (Wildman–Crippen MR) is 93.6 cm³/mol. The van der Waals surface area contributed by atoms with E-state index < -0.39 is 10.0 Å². The highest BCUT2D eigenvalue weighted by molar-refractivity contribution is 7.89. The second kappa shape index (κ2) is 8.08. The third kappa shape index (κ3) is 6.14. The second-order valence-electron chi connectivity index (χ2n) is 7.61. The lowest BCUT2D eigenvalue weighted by Crippen LogP contribution is -2.56. The SMILES string of the molecule is CC[C@@H](C)CS(=O)(=O)NCC(C)(C)N1CCC(N(C)C)CC1. The summed E-state index contributed by atoms with van der Waals surface area (Å²) < 4.78 is 27.1. The molecule has 22 heavy (non-hydrogen) atoms. The van der Waals surface area contributed by atoms with Gasteiger partial charge in [-0.25, -0.2) is 13.1 Å². The zero-order valence-corrected chi connectivity index (χ0v) is 16.0. The predicted octanol–water partition coefficient (Wildman–Crippen LogP) is 1.76. The average Bonchev–Trinajstić information content (AvgIpc) is 2.45. The van der Waals surface area contributed by atoms with Gasteiger partial charge in [0.2, 0.25) is 10.0 Å². The van der Waals surface area contributed by atoms with Crippen LogP contribution in [0, 0.1) is 5.92 Å². The zero-order chi connectivity index (χ0) is 17.0. The highest BCUT2D eigenvalue weighted by Crippen LogP contribution is 2.22. The Balaban J connectivity index is 2.51. The normalized spacial score (nSPS) is 20.5. The molecule has 0 radical (unpaired) electrons. The average molecular weight is 334 g/mol. The Kier molecular flexibility index (Phi) is 7.30. The van der Waals surface area contributed by atoms with E-state index in [1.165, 1.54) is 0 Å². The number of hydrogen-bond acceptors (Lipinski definition) is 4. The van der Waals surface area contributed by atoms with Crippen molar-refractivity contribution in [2.24, 2.45) is 5.92 Å². The first-order valence-electron chi connectivity index (χ1n) is 8.46. The molecule has 0 aromatic rings. The molecule has 0 saturated carbocycles. The van der Waals surface area contributed by atoms with Crippen molar-refractivity contribution < 1.29 is 8.42 Å². The molecular formula is C16H35N3O2S. The van der Waals surface area contributed by atoms with Crippen molar-refractivity contribution in [3.8, 4) is 0 Å². The van der Waals surface area contributed by atoms with Crippen LogP contribution in [0.15, 0.2) is 0 Å². The van der Waals surface area contributed by atoms with Gasteiger partial charge in [0.05, 0.1) is 5.75 Å². The topological polar surface area (TPSA) is 52.7 Å². The number of hydrogen-bond donors (Lipinski definition) is 1. The van der Waals surface area contributed by atoms with Crippen molar-refractivity contribution >= 4 is 10.0 Å². The Morgan fingerprint density at radius 2 is 1.82 bits per heavy atom. The van der Waals surface area contributed by atoms with Crippen LogP contribution in [-0.4, -0.2) is 69.3 Å². The van der Waals surface area contributed by atoms with Gasteiger partial charge >= 0.3 is 0 Å². The van der Waals surface area contributed by atoms with Gasteiger partial charge in [-0.3, -0.25) is 4.90 Å². The monoisotopic (exact) mass is 333 g/mol. The van der Waals surface area contributed by atoms with Crippen LogP contribution in [0.3, 0.4) is 0 Å². The molecule has 0 spiro atoms. The van der Waals surface area contributed by atoms with E-state index in [9.17, 15) is 8.42 Å². The van der Waals surface area contributed by atoms with Crippen LogP contribution in [-0.2, 0) is 10.0 Å². The van der Waals surface area contributed by atoms with Crippen molar-refractivity contribution in [1.82, 2.24) is 14.5 Å². The molecule has 1 rings (SSSR count). The van der Waals surface area contributed by atoms with Gasteiger partial charge in [-0.05, 0) is 46.7 Å². The van der Waals surface area contributed by atoms with Gasteiger partial charge in [-0.2, -0.15) is 0 Å². The Hall–Kier alpha value is -0.170. The Labute approximate surface area is 137 Å². The van der Waals surface area contributed by atoms with Gasteiger partial charge in [0.15, 0.2) is 0 Å². The molecule has 1 aliphatic rings. The Morgan fingerprint density at radius 1 is 1.27 bits per heavy atom. The number of likely N-dealkylation sites (tertiary alicyclic amines) is 1. The molecule has 0 aromatic heterocycles. The Bertz CT molecular complexity index is 427. The molecule has 1 atom stereocenters. The summed E-state index contributed by atoms with van der Waals surface area (Å²) >= 11 is 0. The summed E-state index contributed by atoms with van der Waals surface area (Å²) in [6.45, 7) is 10.8. The van der Waals surface area contributed by atoms with E-state index in [1.54, 1.807) is 0 Å². The third-order valence-electron chi connectivity index (χ3n) is 4.98. The first kappa shape index (κ1) is 19.9. The van der Waals surface area contributed by atoms with E-state index in [4.69, 9.17) is 0 Å². The van der Waals surface area contributed by atoms with Crippen molar-refractivity contribution in [2.45, 2.75) is 58.5 Å². The van der Waals surface area contributed by atoms with Crippen molar-refractivity contribution in [1.29, 1.82) is 0 Å². The molecule has 0 unspecified atom stereocenters. The number of rotatable bonds is 8. The van der Waals surface area contributed by atoms with Gasteiger partial charge in [0.25, 0.3) is 0 Å². The molecule has 132 valence electrons. The number of nitrogens with one attached hydrogen (secondary N) is 1. The number of nitrogens with zero attached hydrogens (tertiary/aromatic N) is 2. The first-order chi connectivity index (χ1) is 10.1. The summed E-state index contributed by atoms with van der Waals surface area (Å²) in [7, 11) is 1.09. The molecule has 0 amide bonds. The molecule has 1 aliphatic heterocycles. The molecule has 5 nitrogen and oxygen atoms in total. The fourth-order valence-electron chi connectivity index (χ4n) is 2.94. The van der Waals surface area contributed by atoms with Crippen LogP contribution >= 0.6 is 0 Å². The lowest BCUT2D eigenvalue weighted by atomic mass is 9.96. The smallest absolute Gasteiger partial charge is 0.211 e.